The van der Waals surface area contributed by atoms with E-state index in [-0.39, 0.29) is 5.91 Å². The first-order valence-electron chi connectivity index (χ1n) is 6.01. The lowest BCUT2D eigenvalue weighted by atomic mass is 10.1. The molecule has 0 aliphatic carbocycles. The lowest BCUT2D eigenvalue weighted by Crippen LogP contribution is -2.30. The molecule has 1 saturated heterocycles. The Hall–Kier alpha value is -2.14. The van der Waals surface area contributed by atoms with E-state index in [1.54, 1.807) is 12.3 Å². The average Bonchev–Trinajstić information content (AvgIpc) is 2.95. The van der Waals surface area contributed by atoms with Crippen LogP contribution >= 0.6 is 12.2 Å². The number of fused-ring (bicyclic) bond motifs is 1. The van der Waals surface area contributed by atoms with E-state index in [4.69, 9.17) is 16.6 Å². The minimum Gasteiger partial charge on any atom is -0.464 e. The van der Waals surface area contributed by atoms with Crippen molar-refractivity contribution >= 4 is 40.3 Å². The number of hydrogen-bond acceptors (Lipinski definition) is 3. The zero-order valence-electron chi connectivity index (χ0n) is 10.3. The number of nitrogens with zero attached hydrogens (tertiary/aromatic N) is 1. The van der Waals surface area contributed by atoms with Crippen molar-refractivity contribution in [3.8, 4) is 0 Å². The van der Waals surface area contributed by atoms with Crippen LogP contribution in [0.25, 0.3) is 17.0 Å². The third-order valence-corrected chi connectivity index (χ3v) is 3.39. The summed E-state index contributed by atoms with van der Waals surface area (Å²) in [4.78, 5) is 13.6. The molecule has 1 aliphatic heterocycles. The quantitative estimate of drug-likeness (QED) is 0.674. The smallest absolute Gasteiger partial charge is 0.276 e. The van der Waals surface area contributed by atoms with Crippen molar-refractivity contribution < 1.29 is 9.21 Å². The third-order valence-electron chi connectivity index (χ3n) is 3.07. The van der Waals surface area contributed by atoms with Crippen LogP contribution in [-0.2, 0) is 4.79 Å². The van der Waals surface area contributed by atoms with E-state index in [0.29, 0.717) is 17.4 Å². The topological polar surface area (TPSA) is 45.5 Å². The number of furan rings is 1. The number of carbonyl (C=O) groups is 1. The van der Waals surface area contributed by atoms with Crippen molar-refractivity contribution in [3.63, 3.8) is 0 Å². The van der Waals surface area contributed by atoms with Crippen LogP contribution in [0.3, 0.4) is 0 Å². The number of carbonyl (C=O) groups excluding carboxylic acids is 1. The maximum atomic E-state index is 12.1. The van der Waals surface area contributed by atoms with Gasteiger partial charge < -0.3 is 9.73 Å². The fourth-order valence-electron chi connectivity index (χ4n) is 2.10. The number of amides is 1. The molecule has 1 aromatic heterocycles. The second-order valence-electron chi connectivity index (χ2n) is 4.26. The molecule has 0 radical (unpaired) electrons. The molecule has 0 saturated carbocycles. The highest BCUT2D eigenvalue weighted by Crippen LogP contribution is 2.20. The van der Waals surface area contributed by atoms with Crippen LogP contribution < -0.4 is 5.32 Å². The maximum Gasteiger partial charge on any atom is 0.276 e. The average molecular weight is 272 g/mol. The van der Waals surface area contributed by atoms with E-state index in [1.807, 2.05) is 31.2 Å². The predicted molar refractivity (Wildman–Crippen MR) is 77.3 cm³/mol. The van der Waals surface area contributed by atoms with Gasteiger partial charge in [-0.05, 0) is 49.0 Å². The first-order valence-corrected chi connectivity index (χ1v) is 6.41. The van der Waals surface area contributed by atoms with Gasteiger partial charge in [0, 0.05) is 11.9 Å². The monoisotopic (exact) mass is 272 g/mol. The molecule has 1 amide bonds. The number of hydrogen-bond donors (Lipinski definition) is 1. The first-order chi connectivity index (χ1) is 9.19. The van der Waals surface area contributed by atoms with Gasteiger partial charge in [0.1, 0.15) is 11.3 Å². The lowest BCUT2D eigenvalue weighted by Gasteiger charge is -2.08. The molecule has 4 nitrogen and oxygen atoms in total. The molecular formula is C14H12N2O2S. The summed E-state index contributed by atoms with van der Waals surface area (Å²) in [5, 5.41) is 4.41. The molecule has 1 fully saturated rings. The standard InChI is InChI=1S/C14H12N2O2S/c1-2-16-13(17)11(15-14(16)19)8-9-3-4-12-10(7-9)5-6-18-12/h3-8H,2H2,1H3,(H,15,19). The minimum absolute atomic E-state index is 0.0835. The molecule has 19 heavy (non-hydrogen) atoms. The van der Waals surface area contributed by atoms with Gasteiger partial charge in [0.2, 0.25) is 0 Å². The van der Waals surface area contributed by atoms with Crippen molar-refractivity contribution in [1.29, 1.82) is 0 Å². The van der Waals surface area contributed by atoms with Crippen LogP contribution in [0.2, 0.25) is 0 Å². The van der Waals surface area contributed by atoms with Crippen LogP contribution in [0, 0.1) is 0 Å². The Morgan fingerprint density at radius 1 is 1.42 bits per heavy atom. The molecule has 3 rings (SSSR count). The van der Waals surface area contributed by atoms with Crippen molar-refractivity contribution in [3.05, 3.63) is 41.8 Å². The van der Waals surface area contributed by atoms with Crippen molar-refractivity contribution in [2.24, 2.45) is 0 Å². The number of nitrogens with one attached hydrogen (secondary N) is 1. The van der Waals surface area contributed by atoms with Crippen LogP contribution in [0.1, 0.15) is 12.5 Å². The van der Waals surface area contributed by atoms with E-state index in [2.05, 4.69) is 5.32 Å². The largest absolute Gasteiger partial charge is 0.464 e. The van der Waals surface area contributed by atoms with Crippen LogP contribution in [-0.4, -0.2) is 22.5 Å². The van der Waals surface area contributed by atoms with Gasteiger partial charge in [-0.15, -0.1) is 0 Å². The molecular weight excluding hydrogens is 260 g/mol. The molecule has 0 unspecified atom stereocenters. The molecule has 2 aromatic rings. The summed E-state index contributed by atoms with van der Waals surface area (Å²) in [6.07, 6.45) is 3.45. The Balaban J connectivity index is 1.97. The summed E-state index contributed by atoms with van der Waals surface area (Å²) in [6.45, 7) is 2.47. The van der Waals surface area contributed by atoms with Crippen LogP contribution in [0.15, 0.2) is 40.6 Å². The first kappa shape index (κ1) is 11.9. The van der Waals surface area contributed by atoms with Crippen molar-refractivity contribution in [1.82, 2.24) is 10.2 Å². The van der Waals surface area contributed by atoms with Gasteiger partial charge in [0.15, 0.2) is 5.11 Å². The minimum atomic E-state index is -0.0835. The fraction of sp³-hybridized carbons (Fsp3) is 0.143. The SMILES string of the molecule is CCN1C(=O)C(=Cc2ccc3occc3c2)NC1=S. The van der Waals surface area contributed by atoms with Crippen LogP contribution in [0.4, 0.5) is 0 Å². The normalized spacial score (nSPS) is 17.5. The predicted octanol–water partition coefficient (Wildman–Crippen LogP) is 2.51. The number of rotatable bonds is 2. The van der Waals surface area contributed by atoms with Crippen molar-refractivity contribution in [2.75, 3.05) is 6.54 Å². The van der Waals surface area contributed by atoms with E-state index in [9.17, 15) is 4.79 Å². The van der Waals surface area contributed by atoms with Gasteiger partial charge in [-0.3, -0.25) is 9.69 Å². The van der Waals surface area contributed by atoms with Gasteiger partial charge in [0.25, 0.3) is 5.91 Å². The Bertz CT molecular complexity index is 702. The Labute approximate surface area is 115 Å². The van der Waals surface area contributed by atoms with Gasteiger partial charge in [-0.25, -0.2) is 0 Å². The zero-order chi connectivity index (χ0) is 13.4. The fourth-order valence-corrected chi connectivity index (χ4v) is 2.42. The highest BCUT2D eigenvalue weighted by atomic mass is 32.1. The highest BCUT2D eigenvalue weighted by Gasteiger charge is 2.28. The molecule has 0 bridgehead atoms. The zero-order valence-corrected chi connectivity index (χ0v) is 11.2. The van der Waals surface area contributed by atoms with Gasteiger partial charge >= 0.3 is 0 Å². The summed E-state index contributed by atoms with van der Waals surface area (Å²) in [5.41, 5.74) is 2.28. The molecule has 5 heteroatoms. The van der Waals surface area contributed by atoms with Gasteiger partial charge in [-0.1, -0.05) is 6.07 Å². The van der Waals surface area contributed by atoms with E-state index >= 15 is 0 Å². The Morgan fingerprint density at radius 3 is 3.00 bits per heavy atom. The molecule has 2 heterocycles. The summed E-state index contributed by atoms with van der Waals surface area (Å²) >= 11 is 5.11. The number of likely N-dealkylation sites (N-methyl/N-ethyl adjacent to an activating group) is 1. The van der Waals surface area contributed by atoms with E-state index in [0.717, 1.165) is 16.5 Å². The maximum absolute atomic E-state index is 12.1. The molecule has 1 aliphatic rings. The summed E-state index contributed by atoms with van der Waals surface area (Å²) in [5.74, 6) is -0.0835. The third kappa shape index (κ3) is 2.02. The van der Waals surface area contributed by atoms with Crippen LogP contribution in [0.5, 0.6) is 0 Å². The Morgan fingerprint density at radius 2 is 2.26 bits per heavy atom. The second kappa shape index (κ2) is 4.51. The van der Waals surface area contributed by atoms with E-state index < -0.39 is 0 Å². The number of thiocarbonyl (C=S) groups is 1. The summed E-state index contributed by atoms with van der Waals surface area (Å²) < 4.78 is 5.28. The molecule has 0 atom stereocenters. The lowest BCUT2D eigenvalue weighted by molar-refractivity contribution is -0.122. The Kier molecular flexibility index (Phi) is 2.83. The van der Waals surface area contributed by atoms with Gasteiger partial charge in [-0.2, -0.15) is 0 Å². The van der Waals surface area contributed by atoms with Crippen molar-refractivity contribution in [2.45, 2.75) is 6.92 Å². The number of benzene rings is 1. The van der Waals surface area contributed by atoms with E-state index in [1.165, 1.54) is 4.90 Å². The molecule has 1 N–H and O–H groups in total. The molecule has 1 aromatic carbocycles. The second-order valence-corrected chi connectivity index (χ2v) is 4.64. The molecule has 0 spiro atoms. The summed E-state index contributed by atoms with van der Waals surface area (Å²) in [7, 11) is 0. The van der Waals surface area contributed by atoms with Gasteiger partial charge in [0.05, 0.1) is 6.26 Å². The molecule has 96 valence electrons. The highest BCUT2D eigenvalue weighted by molar-refractivity contribution is 7.80. The summed E-state index contributed by atoms with van der Waals surface area (Å²) in [6, 6.07) is 7.66.